The molecule has 0 aliphatic carbocycles. The smallest absolute Gasteiger partial charge is 0.228 e. The summed E-state index contributed by atoms with van der Waals surface area (Å²) in [6, 6.07) is 7.38. The standard InChI is InChI=1S/C15H17ClN4O/c16-12-4-2-1-3-10(12)7-14(21)19-13-9-18-20-15(13)11-5-6-17-8-11/h1-4,9,11,17H,5-8H2,(H,18,20)(H,19,21). The van der Waals surface area contributed by atoms with Crippen LogP contribution >= 0.6 is 11.6 Å². The molecule has 2 heterocycles. The van der Waals surface area contributed by atoms with E-state index in [1.807, 2.05) is 18.2 Å². The van der Waals surface area contributed by atoms with Crippen molar-refractivity contribution < 1.29 is 4.79 Å². The Kier molecular flexibility index (Phi) is 4.22. The second-order valence-electron chi connectivity index (χ2n) is 5.20. The highest BCUT2D eigenvalue weighted by Gasteiger charge is 2.22. The normalized spacial score (nSPS) is 17.9. The van der Waals surface area contributed by atoms with E-state index in [0.717, 1.165) is 36.5 Å². The second-order valence-corrected chi connectivity index (χ2v) is 5.61. The maximum atomic E-state index is 12.2. The van der Waals surface area contributed by atoms with Gasteiger partial charge in [0.15, 0.2) is 0 Å². The van der Waals surface area contributed by atoms with E-state index < -0.39 is 0 Å². The molecule has 2 aromatic rings. The van der Waals surface area contributed by atoms with E-state index >= 15 is 0 Å². The van der Waals surface area contributed by atoms with E-state index in [-0.39, 0.29) is 12.3 Å². The molecule has 0 bridgehead atoms. The van der Waals surface area contributed by atoms with E-state index in [1.165, 1.54) is 0 Å². The minimum Gasteiger partial charge on any atom is -0.323 e. The highest BCUT2D eigenvalue weighted by Crippen LogP contribution is 2.27. The van der Waals surface area contributed by atoms with Crippen LogP contribution in [0.2, 0.25) is 5.02 Å². The molecule has 5 nitrogen and oxygen atoms in total. The van der Waals surface area contributed by atoms with Crippen molar-refractivity contribution >= 4 is 23.2 Å². The zero-order chi connectivity index (χ0) is 14.7. The number of aromatic nitrogens is 2. The molecular formula is C15H17ClN4O. The predicted octanol–water partition coefficient (Wildman–Crippen LogP) is 2.32. The maximum absolute atomic E-state index is 12.2. The number of anilines is 1. The van der Waals surface area contributed by atoms with Gasteiger partial charge in [0.25, 0.3) is 0 Å². The number of hydrogen-bond acceptors (Lipinski definition) is 3. The zero-order valence-electron chi connectivity index (χ0n) is 11.5. The number of nitrogens with one attached hydrogen (secondary N) is 3. The fourth-order valence-electron chi connectivity index (χ4n) is 2.62. The summed E-state index contributed by atoms with van der Waals surface area (Å²) in [6.45, 7) is 1.91. The van der Waals surface area contributed by atoms with Gasteiger partial charge >= 0.3 is 0 Å². The molecule has 1 fully saturated rings. The molecule has 1 aliphatic rings. The van der Waals surface area contributed by atoms with Crippen molar-refractivity contribution in [1.29, 1.82) is 0 Å². The van der Waals surface area contributed by atoms with Gasteiger partial charge in [0.05, 0.1) is 24.0 Å². The Balaban J connectivity index is 1.68. The highest BCUT2D eigenvalue weighted by molar-refractivity contribution is 6.31. The lowest BCUT2D eigenvalue weighted by Gasteiger charge is -2.10. The van der Waals surface area contributed by atoms with E-state index in [0.29, 0.717) is 10.9 Å². The first-order chi connectivity index (χ1) is 10.2. The SMILES string of the molecule is O=C(Cc1ccccc1Cl)Nc1cn[nH]c1C1CCNC1. The zero-order valence-corrected chi connectivity index (χ0v) is 12.3. The Morgan fingerprint density at radius 2 is 2.29 bits per heavy atom. The molecular weight excluding hydrogens is 288 g/mol. The number of amides is 1. The Morgan fingerprint density at radius 1 is 1.43 bits per heavy atom. The molecule has 1 aromatic heterocycles. The molecule has 1 aromatic carbocycles. The summed E-state index contributed by atoms with van der Waals surface area (Å²) in [5, 5.41) is 13.9. The van der Waals surface area contributed by atoms with Gasteiger partial charge in [-0.2, -0.15) is 5.10 Å². The van der Waals surface area contributed by atoms with Crippen LogP contribution in [0.5, 0.6) is 0 Å². The van der Waals surface area contributed by atoms with Crippen LogP contribution in [0.1, 0.15) is 23.6 Å². The minimum absolute atomic E-state index is 0.0864. The number of hydrogen-bond donors (Lipinski definition) is 3. The Labute approximate surface area is 128 Å². The third-order valence-electron chi connectivity index (χ3n) is 3.72. The number of benzene rings is 1. The monoisotopic (exact) mass is 304 g/mol. The first kappa shape index (κ1) is 14.1. The summed E-state index contributed by atoms with van der Waals surface area (Å²) in [5.74, 6) is 0.291. The van der Waals surface area contributed by atoms with Crippen LogP contribution < -0.4 is 10.6 Å². The number of halogens is 1. The van der Waals surface area contributed by atoms with Crippen LogP contribution in [-0.4, -0.2) is 29.2 Å². The van der Waals surface area contributed by atoms with Crippen LogP contribution in [0.3, 0.4) is 0 Å². The Morgan fingerprint density at radius 3 is 3.05 bits per heavy atom. The third kappa shape index (κ3) is 3.25. The first-order valence-electron chi connectivity index (χ1n) is 7.01. The number of carbonyl (C=O) groups is 1. The number of H-pyrrole nitrogens is 1. The highest BCUT2D eigenvalue weighted by atomic mass is 35.5. The van der Waals surface area contributed by atoms with Gasteiger partial charge in [-0.05, 0) is 24.6 Å². The van der Waals surface area contributed by atoms with Crippen LogP contribution in [0, 0.1) is 0 Å². The van der Waals surface area contributed by atoms with Gasteiger partial charge < -0.3 is 10.6 Å². The number of rotatable bonds is 4. The lowest BCUT2D eigenvalue weighted by molar-refractivity contribution is -0.115. The second kappa shape index (κ2) is 6.28. The van der Waals surface area contributed by atoms with Crippen LogP contribution in [0.15, 0.2) is 30.5 Å². The minimum atomic E-state index is -0.0864. The molecule has 1 saturated heterocycles. The number of aromatic amines is 1. The van der Waals surface area contributed by atoms with Crippen LogP contribution in [-0.2, 0) is 11.2 Å². The average molecular weight is 305 g/mol. The molecule has 0 radical (unpaired) electrons. The largest absolute Gasteiger partial charge is 0.323 e. The van der Waals surface area contributed by atoms with Gasteiger partial charge in [-0.1, -0.05) is 29.8 Å². The van der Waals surface area contributed by atoms with E-state index in [1.54, 1.807) is 12.3 Å². The van der Waals surface area contributed by atoms with Gasteiger partial charge in [0, 0.05) is 17.5 Å². The van der Waals surface area contributed by atoms with Gasteiger partial charge in [0.1, 0.15) is 0 Å². The number of carbonyl (C=O) groups excluding carboxylic acids is 1. The average Bonchev–Trinajstić information content (AvgIpc) is 3.11. The molecule has 21 heavy (non-hydrogen) atoms. The van der Waals surface area contributed by atoms with Crippen LogP contribution in [0.4, 0.5) is 5.69 Å². The van der Waals surface area contributed by atoms with Crippen molar-refractivity contribution in [2.45, 2.75) is 18.8 Å². The summed E-state index contributed by atoms with van der Waals surface area (Å²) in [4.78, 5) is 12.2. The van der Waals surface area contributed by atoms with Crippen LogP contribution in [0.25, 0.3) is 0 Å². The summed E-state index contributed by atoms with van der Waals surface area (Å²) in [5.41, 5.74) is 2.58. The molecule has 0 saturated carbocycles. The fraction of sp³-hybridized carbons (Fsp3) is 0.333. The lowest BCUT2D eigenvalue weighted by atomic mass is 10.0. The molecule has 1 unspecified atom stereocenters. The van der Waals surface area contributed by atoms with Crippen molar-refractivity contribution in [3.05, 3.63) is 46.7 Å². The summed E-state index contributed by atoms with van der Waals surface area (Å²) < 4.78 is 0. The molecule has 3 rings (SSSR count). The first-order valence-corrected chi connectivity index (χ1v) is 7.39. The number of nitrogens with zero attached hydrogens (tertiary/aromatic N) is 1. The molecule has 1 aliphatic heterocycles. The van der Waals surface area contributed by atoms with Crippen molar-refractivity contribution in [1.82, 2.24) is 15.5 Å². The summed E-state index contributed by atoms with van der Waals surface area (Å²) in [6.07, 6.45) is 2.97. The van der Waals surface area contributed by atoms with Crippen molar-refractivity contribution in [3.63, 3.8) is 0 Å². The molecule has 110 valence electrons. The lowest BCUT2D eigenvalue weighted by Crippen LogP contribution is -2.16. The van der Waals surface area contributed by atoms with Gasteiger partial charge in [-0.25, -0.2) is 0 Å². The van der Waals surface area contributed by atoms with Gasteiger partial charge in [-0.15, -0.1) is 0 Å². The topological polar surface area (TPSA) is 69.8 Å². The van der Waals surface area contributed by atoms with Crippen molar-refractivity contribution in [2.75, 3.05) is 18.4 Å². The predicted molar refractivity (Wildman–Crippen MR) is 82.6 cm³/mol. The quantitative estimate of drug-likeness (QED) is 0.812. The third-order valence-corrected chi connectivity index (χ3v) is 4.09. The molecule has 3 N–H and O–H groups in total. The van der Waals surface area contributed by atoms with E-state index in [9.17, 15) is 4.79 Å². The fourth-order valence-corrected chi connectivity index (χ4v) is 2.82. The van der Waals surface area contributed by atoms with Gasteiger partial charge in [0.2, 0.25) is 5.91 Å². The molecule has 0 spiro atoms. The van der Waals surface area contributed by atoms with Crippen molar-refractivity contribution in [2.24, 2.45) is 0 Å². The van der Waals surface area contributed by atoms with E-state index in [2.05, 4.69) is 20.8 Å². The summed E-state index contributed by atoms with van der Waals surface area (Å²) >= 11 is 6.08. The Hall–Kier alpha value is -1.85. The molecule has 6 heteroatoms. The van der Waals surface area contributed by atoms with E-state index in [4.69, 9.17) is 11.6 Å². The molecule has 1 amide bonds. The summed E-state index contributed by atoms with van der Waals surface area (Å²) in [7, 11) is 0. The molecule has 1 atom stereocenters. The maximum Gasteiger partial charge on any atom is 0.228 e. The Bertz CT molecular complexity index is 634. The van der Waals surface area contributed by atoms with Crippen molar-refractivity contribution in [3.8, 4) is 0 Å². The van der Waals surface area contributed by atoms with Gasteiger partial charge in [-0.3, -0.25) is 9.89 Å².